The monoisotopic (exact) mass is 261 g/mol. The van der Waals surface area contributed by atoms with Gasteiger partial charge in [0.05, 0.1) is 0 Å². The van der Waals surface area contributed by atoms with Gasteiger partial charge in [0, 0.05) is 31.7 Å². The summed E-state index contributed by atoms with van der Waals surface area (Å²) in [6.45, 7) is 0.672. The number of nitrogens with one attached hydrogen (secondary N) is 1. The number of thioether (sulfide) groups is 1. The first-order valence-corrected chi connectivity index (χ1v) is 6.21. The zero-order valence-electron chi connectivity index (χ0n) is 9.74. The van der Waals surface area contributed by atoms with Crippen LogP contribution in [0.25, 0.3) is 0 Å². The fourth-order valence-electron chi connectivity index (χ4n) is 1.26. The summed E-state index contributed by atoms with van der Waals surface area (Å²) in [5, 5.41) is 20.5. The third kappa shape index (κ3) is 2.95. The molecular weight excluding hydrogens is 250 g/mol. The molecule has 0 spiro atoms. The highest BCUT2D eigenvalue weighted by atomic mass is 32.2. The van der Waals surface area contributed by atoms with Crippen LogP contribution in [0.15, 0.2) is 23.9 Å². The fourth-order valence-corrected chi connectivity index (χ4v) is 2.01. The van der Waals surface area contributed by atoms with Crippen molar-refractivity contribution in [2.45, 2.75) is 5.16 Å². The van der Waals surface area contributed by atoms with Crippen LogP contribution < -0.4 is 5.32 Å². The SMILES string of the molecule is Cn1cnnc1SCCNc1nccnc1C#N. The average Bonchev–Trinajstić information content (AvgIpc) is 2.81. The maximum Gasteiger partial charge on any atom is 0.190 e. The Kier molecular flexibility index (Phi) is 4.09. The van der Waals surface area contributed by atoms with Crippen LogP contribution in [0.3, 0.4) is 0 Å². The number of aromatic nitrogens is 5. The highest BCUT2D eigenvalue weighted by Crippen LogP contribution is 2.13. The summed E-state index contributed by atoms with van der Waals surface area (Å²) in [5.74, 6) is 1.31. The van der Waals surface area contributed by atoms with Crippen molar-refractivity contribution in [1.29, 1.82) is 5.26 Å². The summed E-state index contributed by atoms with van der Waals surface area (Å²) in [6.07, 6.45) is 4.71. The first-order valence-electron chi connectivity index (χ1n) is 5.23. The lowest BCUT2D eigenvalue weighted by Gasteiger charge is -2.05. The quantitative estimate of drug-likeness (QED) is 0.625. The van der Waals surface area contributed by atoms with E-state index >= 15 is 0 Å². The van der Waals surface area contributed by atoms with E-state index in [9.17, 15) is 0 Å². The molecule has 2 aromatic heterocycles. The number of nitriles is 1. The van der Waals surface area contributed by atoms with Crippen LogP contribution in [0.2, 0.25) is 0 Å². The molecule has 0 aliphatic rings. The summed E-state index contributed by atoms with van der Waals surface area (Å²) in [5.41, 5.74) is 0.307. The van der Waals surface area contributed by atoms with Gasteiger partial charge in [0.25, 0.3) is 0 Å². The van der Waals surface area contributed by atoms with E-state index in [1.807, 2.05) is 17.7 Å². The highest BCUT2D eigenvalue weighted by molar-refractivity contribution is 7.99. The van der Waals surface area contributed by atoms with Gasteiger partial charge < -0.3 is 9.88 Å². The lowest BCUT2D eigenvalue weighted by atomic mass is 10.4. The van der Waals surface area contributed by atoms with E-state index in [1.54, 1.807) is 24.3 Å². The second kappa shape index (κ2) is 5.97. The minimum absolute atomic E-state index is 0.307. The topological polar surface area (TPSA) is 92.3 Å². The largest absolute Gasteiger partial charge is 0.367 e. The molecule has 92 valence electrons. The van der Waals surface area contributed by atoms with Crippen molar-refractivity contribution < 1.29 is 0 Å². The molecule has 2 heterocycles. The Hall–Kier alpha value is -2.14. The van der Waals surface area contributed by atoms with E-state index in [0.717, 1.165) is 10.9 Å². The maximum atomic E-state index is 8.84. The van der Waals surface area contributed by atoms with E-state index < -0.39 is 0 Å². The van der Waals surface area contributed by atoms with E-state index in [1.165, 1.54) is 6.20 Å². The third-order valence-electron chi connectivity index (χ3n) is 2.10. The molecule has 2 rings (SSSR count). The van der Waals surface area contributed by atoms with Gasteiger partial charge in [0.1, 0.15) is 12.4 Å². The van der Waals surface area contributed by atoms with Gasteiger partial charge in [0.2, 0.25) is 0 Å². The molecule has 8 heteroatoms. The minimum Gasteiger partial charge on any atom is -0.367 e. The maximum absolute atomic E-state index is 8.84. The molecule has 0 bridgehead atoms. The van der Waals surface area contributed by atoms with Crippen molar-refractivity contribution in [1.82, 2.24) is 24.7 Å². The van der Waals surface area contributed by atoms with Crippen LogP contribution in [-0.4, -0.2) is 37.0 Å². The van der Waals surface area contributed by atoms with Crippen LogP contribution in [0.1, 0.15) is 5.69 Å². The minimum atomic E-state index is 0.307. The highest BCUT2D eigenvalue weighted by Gasteiger charge is 2.04. The van der Waals surface area contributed by atoms with Crippen LogP contribution in [-0.2, 0) is 7.05 Å². The van der Waals surface area contributed by atoms with Crippen LogP contribution in [0, 0.1) is 11.3 Å². The number of anilines is 1. The van der Waals surface area contributed by atoms with Crippen molar-refractivity contribution in [2.75, 3.05) is 17.6 Å². The summed E-state index contributed by atoms with van der Waals surface area (Å²) < 4.78 is 1.85. The Bertz CT molecular complexity index is 559. The van der Waals surface area contributed by atoms with E-state index in [2.05, 4.69) is 25.5 Å². The number of rotatable bonds is 5. The molecule has 0 saturated carbocycles. The Labute approximate surface area is 108 Å². The predicted octanol–water partition coefficient (Wildman–Crippen LogP) is 0.681. The van der Waals surface area contributed by atoms with E-state index in [0.29, 0.717) is 18.1 Å². The van der Waals surface area contributed by atoms with Gasteiger partial charge in [-0.1, -0.05) is 11.8 Å². The Morgan fingerprint density at radius 1 is 1.44 bits per heavy atom. The van der Waals surface area contributed by atoms with Gasteiger partial charge in [-0.3, -0.25) is 0 Å². The number of aryl methyl sites for hydroxylation is 1. The summed E-state index contributed by atoms with van der Waals surface area (Å²) in [7, 11) is 1.90. The number of nitrogens with zero attached hydrogens (tertiary/aromatic N) is 6. The van der Waals surface area contributed by atoms with Crippen LogP contribution in [0.4, 0.5) is 5.82 Å². The molecular formula is C10H11N7S. The Morgan fingerprint density at radius 2 is 2.28 bits per heavy atom. The first-order chi connectivity index (χ1) is 8.81. The van der Waals surface area contributed by atoms with E-state index in [4.69, 9.17) is 5.26 Å². The molecule has 0 aliphatic carbocycles. The van der Waals surface area contributed by atoms with Crippen molar-refractivity contribution in [3.05, 3.63) is 24.4 Å². The van der Waals surface area contributed by atoms with Crippen molar-refractivity contribution in [3.63, 3.8) is 0 Å². The van der Waals surface area contributed by atoms with E-state index in [-0.39, 0.29) is 0 Å². The molecule has 0 radical (unpaired) electrons. The molecule has 0 saturated heterocycles. The number of hydrogen-bond acceptors (Lipinski definition) is 7. The van der Waals surface area contributed by atoms with Gasteiger partial charge in [-0.05, 0) is 0 Å². The van der Waals surface area contributed by atoms with Crippen molar-refractivity contribution in [2.24, 2.45) is 7.05 Å². The molecule has 0 unspecified atom stereocenters. The molecule has 0 aromatic carbocycles. The molecule has 2 aromatic rings. The van der Waals surface area contributed by atoms with Gasteiger partial charge in [-0.2, -0.15) is 5.26 Å². The third-order valence-corrected chi connectivity index (χ3v) is 3.14. The summed E-state index contributed by atoms with van der Waals surface area (Å²) in [6, 6.07) is 1.99. The molecule has 0 amide bonds. The predicted molar refractivity (Wildman–Crippen MR) is 67.0 cm³/mol. The summed E-state index contributed by atoms with van der Waals surface area (Å²) in [4.78, 5) is 7.98. The second-order valence-corrected chi connectivity index (χ2v) is 4.43. The zero-order chi connectivity index (χ0) is 12.8. The lowest BCUT2D eigenvalue weighted by Crippen LogP contribution is -2.08. The van der Waals surface area contributed by atoms with Crippen LogP contribution >= 0.6 is 11.8 Å². The molecule has 7 nitrogen and oxygen atoms in total. The van der Waals surface area contributed by atoms with Crippen molar-refractivity contribution in [3.8, 4) is 6.07 Å². The van der Waals surface area contributed by atoms with Gasteiger partial charge >= 0.3 is 0 Å². The Balaban J connectivity index is 1.82. The smallest absolute Gasteiger partial charge is 0.190 e. The molecule has 18 heavy (non-hydrogen) atoms. The number of hydrogen-bond donors (Lipinski definition) is 1. The van der Waals surface area contributed by atoms with Crippen LogP contribution in [0.5, 0.6) is 0 Å². The molecule has 0 fully saturated rings. The van der Waals surface area contributed by atoms with Gasteiger partial charge in [-0.15, -0.1) is 10.2 Å². The Morgan fingerprint density at radius 3 is 3.00 bits per heavy atom. The second-order valence-electron chi connectivity index (χ2n) is 3.37. The van der Waals surface area contributed by atoms with Gasteiger partial charge in [0.15, 0.2) is 16.7 Å². The lowest BCUT2D eigenvalue weighted by molar-refractivity contribution is 0.788. The standard InChI is InChI=1S/C10H11N7S/c1-17-7-15-16-10(17)18-5-4-14-9-8(6-11)12-2-3-13-9/h2-3,7H,4-5H2,1H3,(H,13,14). The normalized spacial score (nSPS) is 10.0. The summed E-state index contributed by atoms with van der Waals surface area (Å²) >= 11 is 1.58. The van der Waals surface area contributed by atoms with Crippen molar-refractivity contribution >= 4 is 17.6 Å². The van der Waals surface area contributed by atoms with Gasteiger partial charge in [-0.25, -0.2) is 9.97 Å². The average molecular weight is 261 g/mol. The fraction of sp³-hybridized carbons (Fsp3) is 0.300. The molecule has 0 atom stereocenters. The first kappa shape index (κ1) is 12.3. The molecule has 1 N–H and O–H groups in total. The zero-order valence-corrected chi connectivity index (χ0v) is 10.6. The molecule has 0 aliphatic heterocycles.